The Labute approximate surface area is 98.2 Å². The van der Waals surface area contributed by atoms with Gasteiger partial charge in [0.05, 0.1) is 12.0 Å². The normalized spacial score (nSPS) is 30.2. The van der Waals surface area contributed by atoms with Crippen LogP contribution in [0.2, 0.25) is 0 Å². The van der Waals surface area contributed by atoms with Crippen molar-refractivity contribution in [1.82, 2.24) is 0 Å². The smallest absolute Gasteiger partial charge is 0.309 e. The van der Waals surface area contributed by atoms with Crippen molar-refractivity contribution in [3.8, 4) is 0 Å². The standard InChI is InChI=1S/C13H24O3/c1-3-5-8-16-12-9-10(4-2)6-7-11(12)13(14)15/h10-12H,3-9H2,1-2H3,(H,14,15). The quantitative estimate of drug-likeness (QED) is 0.711. The zero-order valence-electron chi connectivity index (χ0n) is 10.4. The van der Waals surface area contributed by atoms with Crippen LogP contribution in [0.15, 0.2) is 0 Å². The number of carboxylic acids is 1. The van der Waals surface area contributed by atoms with Crippen LogP contribution in [0, 0.1) is 11.8 Å². The molecular formula is C13H24O3. The molecule has 3 unspecified atom stereocenters. The minimum absolute atomic E-state index is 0.0530. The van der Waals surface area contributed by atoms with E-state index in [2.05, 4.69) is 13.8 Å². The third kappa shape index (κ3) is 3.78. The second-order valence-electron chi connectivity index (χ2n) is 4.79. The van der Waals surface area contributed by atoms with Crippen molar-refractivity contribution in [2.45, 2.75) is 58.5 Å². The molecule has 0 saturated heterocycles. The molecule has 3 heteroatoms. The van der Waals surface area contributed by atoms with E-state index in [1.807, 2.05) is 0 Å². The Balaban J connectivity index is 2.46. The van der Waals surface area contributed by atoms with Crippen molar-refractivity contribution in [3.05, 3.63) is 0 Å². The van der Waals surface area contributed by atoms with Gasteiger partial charge in [-0.2, -0.15) is 0 Å². The second kappa shape index (κ2) is 6.89. The number of carboxylic acid groups (broad SMARTS) is 1. The van der Waals surface area contributed by atoms with Crippen molar-refractivity contribution in [3.63, 3.8) is 0 Å². The first-order valence-corrected chi connectivity index (χ1v) is 6.53. The van der Waals surface area contributed by atoms with Crippen LogP contribution in [-0.4, -0.2) is 23.8 Å². The van der Waals surface area contributed by atoms with Gasteiger partial charge in [0.25, 0.3) is 0 Å². The summed E-state index contributed by atoms with van der Waals surface area (Å²) >= 11 is 0. The first-order valence-electron chi connectivity index (χ1n) is 6.53. The molecule has 1 aliphatic rings. The summed E-state index contributed by atoms with van der Waals surface area (Å²) < 4.78 is 5.75. The van der Waals surface area contributed by atoms with Crippen molar-refractivity contribution in [2.24, 2.45) is 11.8 Å². The van der Waals surface area contributed by atoms with Crippen LogP contribution in [0.5, 0.6) is 0 Å². The van der Waals surface area contributed by atoms with Crippen molar-refractivity contribution in [1.29, 1.82) is 0 Å². The number of rotatable bonds is 6. The van der Waals surface area contributed by atoms with Crippen molar-refractivity contribution >= 4 is 5.97 Å². The molecular weight excluding hydrogens is 204 g/mol. The number of unbranched alkanes of at least 4 members (excludes halogenated alkanes) is 1. The Hall–Kier alpha value is -0.570. The third-order valence-corrected chi connectivity index (χ3v) is 3.62. The molecule has 0 radical (unpaired) electrons. The van der Waals surface area contributed by atoms with Gasteiger partial charge in [-0.15, -0.1) is 0 Å². The van der Waals surface area contributed by atoms with Gasteiger partial charge in [-0.1, -0.05) is 26.7 Å². The minimum Gasteiger partial charge on any atom is -0.481 e. The van der Waals surface area contributed by atoms with Gasteiger partial charge in [-0.3, -0.25) is 4.79 Å². The maximum atomic E-state index is 11.1. The van der Waals surface area contributed by atoms with Gasteiger partial charge in [0.1, 0.15) is 0 Å². The van der Waals surface area contributed by atoms with E-state index in [-0.39, 0.29) is 12.0 Å². The maximum absolute atomic E-state index is 11.1. The van der Waals surface area contributed by atoms with E-state index in [4.69, 9.17) is 9.84 Å². The fourth-order valence-corrected chi connectivity index (χ4v) is 2.43. The van der Waals surface area contributed by atoms with Crippen LogP contribution >= 0.6 is 0 Å². The molecule has 94 valence electrons. The lowest BCUT2D eigenvalue weighted by Gasteiger charge is -2.33. The highest BCUT2D eigenvalue weighted by Crippen LogP contribution is 2.33. The van der Waals surface area contributed by atoms with Crippen LogP contribution < -0.4 is 0 Å². The SMILES string of the molecule is CCCCOC1CC(CC)CCC1C(=O)O. The average Bonchev–Trinajstić information content (AvgIpc) is 2.29. The lowest BCUT2D eigenvalue weighted by Crippen LogP contribution is -2.36. The van der Waals surface area contributed by atoms with Gasteiger partial charge < -0.3 is 9.84 Å². The van der Waals surface area contributed by atoms with E-state index >= 15 is 0 Å². The Bertz CT molecular complexity index is 215. The van der Waals surface area contributed by atoms with Crippen LogP contribution in [0.1, 0.15) is 52.4 Å². The van der Waals surface area contributed by atoms with Gasteiger partial charge in [-0.25, -0.2) is 0 Å². The molecule has 0 aromatic rings. The molecule has 1 N–H and O–H groups in total. The average molecular weight is 228 g/mol. The minimum atomic E-state index is -0.684. The molecule has 0 heterocycles. The predicted octanol–water partition coefficient (Wildman–Crippen LogP) is 3.08. The molecule has 3 atom stereocenters. The Morgan fingerprint density at radius 2 is 2.12 bits per heavy atom. The van der Waals surface area contributed by atoms with Gasteiger partial charge in [0, 0.05) is 6.61 Å². The van der Waals surface area contributed by atoms with E-state index in [1.54, 1.807) is 0 Å². The van der Waals surface area contributed by atoms with Gasteiger partial charge >= 0.3 is 5.97 Å². The first-order chi connectivity index (χ1) is 7.69. The lowest BCUT2D eigenvalue weighted by atomic mass is 9.78. The largest absolute Gasteiger partial charge is 0.481 e. The summed E-state index contributed by atoms with van der Waals surface area (Å²) in [5, 5.41) is 9.14. The fourth-order valence-electron chi connectivity index (χ4n) is 2.43. The van der Waals surface area contributed by atoms with Gasteiger partial charge in [-0.05, 0) is 31.6 Å². The summed E-state index contributed by atoms with van der Waals surface area (Å²) in [7, 11) is 0. The van der Waals surface area contributed by atoms with E-state index in [0.29, 0.717) is 12.5 Å². The summed E-state index contributed by atoms with van der Waals surface area (Å²) in [6, 6.07) is 0. The molecule has 1 saturated carbocycles. The molecule has 1 fully saturated rings. The van der Waals surface area contributed by atoms with E-state index in [9.17, 15) is 4.79 Å². The van der Waals surface area contributed by atoms with E-state index in [1.165, 1.54) is 0 Å². The Kier molecular flexibility index (Phi) is 5.81. The number of hydrogen-bond donors (Lipinski definition) is 1. The fraction of sp³-hybridized carbons (Fsp3) is 0.923. The zero-order valence-corrected chi connectivity index (χ0v) is 10.4. The molecule has 0 bridgehead atoms. The molecule has 0 spiro atoms. The maximum Gasteiger partial charge on any atom is 0.309 e. The zero-order chi connectivity index (χ0) is 12.0. The van der Waals surface area contributed by atoms with Gasteiger partial charge in [0.15, 0.2) is 0 Å². The predicted molar refractivity (Wildman–Crippen MR) is 63.4 cm³/mol. The first kappa shape index (κ1) is 13.5. The lowest BCUT2D eigenvalue weighted by molar-refractivity contribution is -0.151. The molecule has 1 rings (SSSR count). The molecule has 16 heavy (non-hydrogen) atoms. The highest BCUT2D eigenvalue weighted by molar-refractivity contribution is 5.70. The topological polar surface area (TPSA) is 46.5 Å². The molecule has 3 nitrogen and oxygen atoms in total. The van der Waals surface area contributed by atoms with Crippen LogP contribution in [-0.2, 0) is 9.53 Å². The van der Waals surface area contributed by atoms with E-state index in [0.717, 1.165) is 38.5 Å². The monoisotopic (exact) mass is 228 g/mol. The highest BCUT2D eigenvalue weighted by atomic mass is 16.5. The number of aliphatic carboxylic acids is 1. The summed E-state index contributed by atoms with van der Waals surface area (Å²) in [5.74, 6) is -0.307. The summed E-state index contributed by atoms with van der Waals surface area (Å²) in [6.07, 6.45) is 5.97. The van der Waals surface area contributed by atoms with Crippen LogP contribution in [0.4, 0.5) is 0 Å². The molecule has 0 aromatic carbocycles. The van der Waals surface area contributed by atoms with Crippen LogP contribution in [0.25, 0.3) is 0 Å². The molecule has 0 aliphatic heterocycles. The van der Waals surface area contributed by atoms with Crippen molar-refractivity contribution in [2.75, 3.05) is 6.61 Å². The highest BCUT2D eigenvalue weighted by Gasteiger charge is 2.34. The van der Waals surface area contributed by atoms with E-state index < -0.39 is 5.97 Å². The Morgan fingerprint density at radius 3 is 2.69 bits per heavy atom. The third-order valence-electron chi connectivity index (χ3n) is 3.62. The number of ether oxygens (including phenoxy) is 1. The summed E-state index contributed by atoms with van der Waals surface area (Å²) in [4.78, 5) is 11.1. The second-order valence-corrected chi connectivity index (χ2v) is 4.79. The van der Waals surface area contributed by atoms with Crippen LogP contribution in [0.3, 0.4) is 0 Å². The number of carbonyl (C=O) groups is 1. The molecule has 0 aromatic heterocycles. The molecule has 0 amide bonds. The van der Waals surface area contributed by atoms with Crippen molar-refractivity contribution < 1.29 is 14.6 Å². The summed E-state index contributed by atoms with van der Waals surface area (Å²) in [6.45, 7) is 5.00. The van der Waals surface area contributed by atoms with Gasteiger partial charge in [0.2, 0.25) is 0 Å². The summed E-state index contributed by atoms with van der Waals surface area (Å²) in [5.41, 5.74) is 0. The Morgan fingerprint density at radius 1 is 1.38 bits per heavy atom. The number of hydrogen-bond acceptors (Lipinski definition) is 2. The molecule has 1 aliphatic carbocycles.